The Kier molecular flexibility index (Phi) is 7.79. The van der Waals surface area contributed by atoms with E-state index in [2.05, 4.69) is 25.5 Å². The van der Waals surface area contributed by atoms with Crippen LogP contribution in [-0.2, 0) is 19.4 Å². The molecule has 1 fully saturated rings. The summed E-state index contributed by atoms with van der Waals surface area (Å²) in [5.74, 6) is 1.25. The highest BCUT2D eigenvalue weighted by atomic mass is 32.2. The van der Waals surface area contributed by atoms with Crippen LogP contribution in [-0.4, -0.2) is 71.0 Å². The zero-order valence-electron chi connectivity index (χ0n) is 21.2. The molecule has 0 aliphatic carbocycles. The van der Waals surface area contributed by atoms with Crippen molar-refractivity contribution in [3.05, 3.63) is 48.7 Å². The van der Waals surface area contributed by atoms with Gasteiger partial charge >= 0.3 is 0 Å². The Morgan fingerprint density at radius 3 is 2.57 bits per heavy atom. The number of amides is 1. The van der Waals surface area contributed by atoms with Gasteiger partial charge in [0.05, 0.1) is 36.6 Å². The Labute approximate surface area is 216 Å². The molecule has 0 saturated carbocycles. The van der Waals surface area contributed by atoms with E-state index in [-0.39, 0.29) is 16.8 Å². The number of anilines is 6. The molecule has 1 saturated heterocycles. The van der Waals surface area contributed by atoms with E-state index in [4.69, 9.17) is 9.47 Å². The van der Waals surface area contributed by atoms with Gasteiger partial charge in [-0.1, -0.05) is 0 Å². The first-order chi connectivity index (χ1) is 17.6. The Bertz CT molecular complexity index is 1390. The smallest absolute Gasteiger partial charge is 0.229 e. The maximum Gasteiger partial charge on any atom is 0.229 e. The summed E-state index contributed by atoms with van der Waals surface area (Å²) in [7, 11) is -0.0694. The molecule has 12 heteroatoms. The van der Waals surface area contributed by atoms with Crippen molar-refractivity contribution in [1.29, 1.82) is 0 Å². The van der Waals surface area contributed by atoms with Crippen LogP contribution in [0.15, 0.2) is 53.6 Å². The number of nitrogens with zero attached hydrogens (tertiary/aromatic N) is 4. The van der Waals surface area contributed by atoms with Gasteiger partial charge in [0.2, 0.25) is 11.9 Å². The molecular formula is C25H30N6O5S. The number of methoxy groups -OCH3 is 1. The largest absolute Gasteiger partial charge is 0.497 e. The van der Waals surface area contributed by atoms with Gasteiger partial charge in [-0.25, -0.2) is 13.4 Å². The molecule has 1 aliphatic rings. The minimum atomic E-state index is -3.45. The lowest BCUT2D eigenvalue weighted by Crippen LogP contribution is -2.36. The lowest BCUT2D eigenvalue weighted by atomic mass is 10.2. The Hall–Kier alpha value is -3.90. The fourth-order valence-electron chi connectivity index (χ4n) is 3.93. The molecule has 0 spiro atoms. The van der Waals surface area contributed by atoms with Crippen molar-refractivity contribution in [2.24, 2.45) is 0 Å². The second-order valence-corrected chi connectivity index (χ2v) is 10.6. The molecule has 2 heterocycles. The van der Waals surface area contributed by atoms with Gasteiger partial charge in [-0.15, -0.1) is 0 Å². The van der Waals surface area contributed by atoms with Crippen LogP contribution in [0.2, 0.25) is 0 Å². The number of hydrogen-bond acceptors (Lipinski definition) is 10. The fraction of sp³-hybridized carbons (Fsp3) is 0.320. The second-order valence-electron chi connectivity index (χ2n) is 8.57. The fourth-order valence-corrected chi connectivity index (χ4v) is 4.61. The number of carbonyl (C=O) groups excluding carboxylic acids is 1. The summed E-state index contributed by atoms with van der Waals surface area (Å²) in [6.07, 6.45) is 2.78. The van der Waals surface area contributed by atoms with E-state index in [9.17, 15) is 13.2 Å². The zero-order chi connectivity index (χ0) is 26.6. The van der Waals surface area contributed by atoms with Gasteiger partial charge in [0.15, 0.2) is 9.84 Å². The highest BCUT2D eigenvalue weighted by Crippen LogP contribution is 2.34. The summed E-state index contributed by atoms with van der Waals surface area (Å²) in [6, 6.07) is 12.2. The van der Waals surface area contributed by atoms with E-state index in [0.29, 0.717) is 54.9 Å². The van der Waals surface area contributed by atoms with Crippen molar-refractivity contribution >= 4 is 50.3 Å². The molecule has 0 atom stereocenters. The maximum atomic E-state index is 12.4. The number of rotatable bonds is 8. The summed E-state index contributed by atoms with van der Waals surface area (Å²) in [5.41, 5.74) is 2.59. The van der Waals surface area contributed by atoms with Crippen LogP contribution in [0.3, 0.4) is 0 Å². The van der Waals surface area contributed by atoms with E-state index in [1.54, 1.807) is 54.6 Å². The lowest BCUT2D eigenvalue weighted by molar-refractivity contribution is -0.114. The minimum Gasteiger partial charge on any atom is -0.497 e. The average Bonchev–Trinajstić information content (AvgIpc) is 2.88. The maximum absolute atomic E-state index is 12.4. The molecule has 0 bridgehead atoms. The second kappa shape index (κ2) is 11.0. The number of nitrogens with one attached hydrogen (secondary N) is 2. The molecular weight excluding hydrogens is 496 g/mol. The lowest BCUT2D eigenvalue weighted by Gasteiger charge is -2.29. The number of sulfone groups is 1. The third kappa shape index (κ3) is 6.46. The third-order valence-electron chi connectivity index (χ3n) is 5.81. The van der Waals surface area contributed by atoms with Crippen LogP contribution < -0.4 is 25.2 Å². The summed E-state index contributed by atoms with van der Waals surface area (Å²) in [5, 5.41) is 5.97. The Morgan fingerprint density at radius 2 is 1.89 bits per heavy atom. The van der Waals surface area contributed by atoms with Crippen molar-refractivity contribution in [1.82, 2.24) is 9.97 Å². The van der Waals surface area contributed by atoms with E-state index in [0.717, 1.165) is 5.69 Å². The van der Waals surface area contributed by atoms with Gasteiger partial charge in [0.25, 0.3) is 0 Å². The summed E-state index contributed by atoms with van der Waals surface area (Å²) < 4.78 is 35.6. The van der Waals surface area contributed by atoms with E-state index in [1.807, 2.05) is 13.1 Å². The van der Waals surface area contributed by atoms with Gasteiger partial charge in [0, 0.05) is 57.0 Å². The molecule has 37 heavy (non-hydrogen) atoms. The van der Waals surface area contributed by atoms with E-state index in [1.165, 1.54) is 13.2 Å². The van der Waals surface area contributed by atoms with Crippen molar-refractivity contribution in [3.63, 3.8) is 0 Å². The molecule has 2 aromatic carbocycles. The van der Waals surface area contributed by atoms with Crippen molar-refractivity contribution in [2.45, 2.75) is 11.8 Å². The monoisotopic (exact) mass is 526 g/mol. The van der Waals surface area contributed by atoms with Crippen LogP contribution in [0.1, 0.15) is 6.92 Å². The van der Waals surface area contributed by atoms with Crippen molar-refractivity contribution < 1.29 is 22.7 Å². The summed E-state index contributed by atoms with van der Waals surface area (Å²) in [4.78, 5) is 24.8. The molecule has 4 rings (SSSR count). The highest BCUT2D eigenvalue weighted by Gasteiger charge is 2.18. The molecule has 196 valence electrons. The van der Waals surface area contributed by atoms with Gasteiger partial charge < -0.3 is 29.9 Å². The van der Waals surface area contributed by atoms with Crippen LogP contribution in [0.25, 0.3) is 0 Å². The first-order valence-corrected chi connectivity index (χ1v) is 13.5. The van der Waals surface area contributed by atoms with Gasteiger partial charge in [-0.2, -0.15) is 4.98 Å². The summed E-state index contributed by atoms with van der Waals surface area (Å²) >= 11 is 0. The van der Waals surface area contributed by atoms with Crippen LogP contribution in [0.5, 0.6) is 5.75 Å². The Morgan fingerprint density at radius 1 is 1.14 bits per heavy atom. The summed E-state index contributed by atoms with van der Waals surface area (Å²) in [6.45, 7) is 3.93. The van der Waals surface area contributed by atoms with Gasteiger partial charge in [-0.3, -0.25) is 4.79 Å². The van der Waals surface area contributed by atoms with Crippen LogP contribution in [0.4, 0.5) is 34.5 Å². The predicted molar refractivity (Wildman–Crippen MR) is 143 cm³/mol. The number of aromatic nitrogens is 2. The first kappa shape index (κ1) is 26.2. The molecule has 1 amide bonds. The van der Waals surface area contributed by atoms with Gasteiger partial charge in [-0.05, 0) is 36.4 Å². The number of hydrogen-bond donors (Lipinski definition) is 2. The highest BCUT2D eigenvalue weighted by molar-refractivity contribution is 7.90. The van der Waals surface area contributed by atoms with Gasteiger partial charge in [0.1, 0.15) is 11.6 Å². The van der Waals surface area contributed by atoms with Crippen molar-refractivity contribution in [2.75, 3.05) is 67.1 Å². The minimum absolute atomic E-state index is 0.198. The average molecular weight is 527 g/mol. The Balaban J connectivity index is 1.66. The number of benzene rings is 2. The standard InChI is InChI=1S/C25H30N6O5S/c1-17(32)27-22-6-5-20(35-3)16-23(22)30(2)24-7-8-26-25(29-24)28-18-13-19(31-9-11-36-12-10-31)15-21(14-18)37(4,33)34/h5-8,13-16H,9-12H2,1-4H3,(H,27,32)(H,26,28,29). The number of morpholine rings is 1. The van der Waals surface area contributed by atoms with E-state index >= 15 is 0 Å². The SMILES string of the molecule is COc1ccc(NC(C)=O)c(N(C)c2ccnc(Nc3cc(N4CCOCC4)cc(S(C)(=O)=O)c3)n2)c1. The zero-order valence-corrected chi connectivity index (χ0v) is 22.0. The first-order valence-electron chi connectivity index (χ1n) is 11.6. The number of carbonyl (C=O) groups is 1. The molecule has 1 aliphatic heterocycles. The number of ether oxygens (including phenoxy) is 2. The third-order valence-corrected chi connectivity index (χ3v) is 6.91. The molecule has 1 aromatic heterocycles. The topological polar surface area (TPSA) is 126 Å². The molecule has 2 N–H and O–H groups in total. The normalized spacial score (nSPS) is 13.7. The molecule has 3 aromatic rings. The van der Waals surface area contributed by atoms with E-state index < -0.39 is 9.84 Å². The van der Waals surface area contributed by atoms with Crippen LogP contribution in [0, 0.1) is 0 Å². The molecule has 11 nitrogen and oxygen atoms in total. The molecule has 0 radical (unpaired) electrons. The molecule has 0 unspecified atom stereocenters. The van der Waals surface area contributed by atoms with Crippen molar-refractivity contribution in [3.8, 4) is 5.75 Å². The van der Waals surface area contributed by atoms with Crippen LogP contribution >= 0.6 is 0 Å². The quantitative estimate of drug-likeness (QED) is 0.452. The predicted octanol–water partition coefficient (Wildman–Crippen LogP) is 3.20.